The van der Waals surface area contributed by atoms with Gasteiger partial charge in [0.2, 0.25) is 6.08 Å². The molecule has 0 saturated heterocycles. The fraction of sp³-hybridized carbons (Fsp3) is 0. The van der Waals surface area contributed by atoms with Gasteiger partial charge in [-0.25, -0.2) is 4.79 Å². The number of halogens is 1. The predicted octanol–water partition coefficient (Wildman–Crippen LogP) is 3.16. The Kier molecular flexibility index (Phi) is 2.00. The molecule has 4 heteroatoms. The monoisotopic (exact) mass is 237 g/mol. The molecule has 13 heavy (non-hydrogen) atoms. The number of furan rings is 1. The van der Waals surface area contributed by atoms with Crippen molar-refractivity contribution in [2.24, 2.45) is 4.99 Å². The van der Waals surface area contributed by atoms with Gasteiger partial charge >= 0.3 is 0 Å². The number of aliphatic imine (C=N–C) groups is 1. The van der Waals surface area contributed by atoms with E-state index in [1.165, 1.54) is 12.3 Å². The van der Waals surface area contributed by atoms with Crippen LogP contribution in [0, 0.1) is 0 Å². The highest BCUT2D eigenvalue weighted by atomic mass is 79.9. The molecule has 0 aliphatic rings. The molecule has 1 aromatic heterocycles. The average Bonchev–Trinajstić information content (AvgIpc) is 2.49. The van der Waals surface area contributed by atoms with Crippen LogP contribution < -0.4 is 0 Å². The fourth-order valence-electron chi connectivity index (χ4n) is 1.12. The zero-order chi connectivity index (χ0) is 9.26. The van der Waals surface area contributed by atoms with Gasteiger partial charge in [0.05, 0.1) is 0 Å². The Morgan fingerprint density at radius 2 is 2.31 bits per heavy atom. The molecule has 2 rings (SSSR count). The first-order valence-corrected chi connectivity index (χ1v) is 4.35. The summed E-state index contributed by atoms with van der Waals surface area (Å²) in [6.45, 7) is 0. The minimum Gasteiger partial charge on any atom is -0.462 e. The van der Waals surface area contributed by atoms with E-state index in [4.69, 9.17) is 4.42 Å². The normalized spacial score (nSPS) is 9.92. The van der Waals surface area contributed by atoms with E-state index < -0.39 is 0 Å². The topological polar surface area (TPSA) is 42.6 Å². The minimum atomic E-state index is 0.506. The number of nitrogens with zero attached hydrogens (tertiary/aromatic N) is 1. The second kappa shape index (κ2) is 3.17. The van der Waals surface area contributed by atoms with E-state index in [1.807, 2.05) is 18.2 Å². The number of rotatable bonds is 1. The number of hydrogen-bond acceptors (Lipinski definition) is 3. The van der Waals surface area contributed by atoms with Crippen LogP contribution in [0.15, 0.2) is 38.3 Å². The Hall–Kier alpha value is -1.38. The Balaban J connectivity index is 2.78. The summed E-state index contributed by atoms with van der Waals surface area (Å²) in [7, 11) is 0. The van der Waals surface area contributed by atoms with E-state index in [1.54, 1.807) is 0 Å². The quantitative estimate of drug-likeness (QED) is 0.565. The van der Waals surface area contributed by atoms with Gasteiger partial charge in [-0.3, -0.25) is 0 Å². The molecule has 1 aromatic carbocycles. The molecule has 0 spiro atoms. The first kappa shape index (κ1) is 8.23. The zero-order valence-electron chi connectivity index (χ0n) is 6.45. The van der Waals surface area contributed by atoms with E-state index in [-0.39, 0.29) is 0 Å². The van der Waals surface area contributed by atoms with Crippen LogP contribution in [0.5, 0.6) is 0 Å². The third-order valence-corrected chi connectivity index (χ3v) is 2.17. The van der Waals surface area contributed by atoms with Gasteiger partial charge in [0, 0.05) is 9.86 Å². The van der Waals surface area contributed by atoms with Crippen molar-refractivity contribution in [2.45, 2.75) is 0 Å². The number of fused-ring (bicyclic) bond motifs is 1. The summed E-state index contributed by atoms with van der Waals surface area (Å²) in [5.41, 5.74) is 1.21. The molecule has 2 aromatic rings. The smallest absolute Gasteiger partial charge is 0.240 e. The van der Waals surface area contributed by atoms with Crippen LogP contribution in [0.3, 0.4) is 0 Å². The maximum Gasteiger partial charge on any atom is 0.240 e. The van der Waals surface area contributed by atoms with Gasteiger partial charge in [0.25, 0.3) is 0 Å². The van der Waals surface area contributed by atoms with Crippen molar-refractivity contribution >= 4 is 38.7 Å². The van der Waals surface area contributed by atoms with Gasteiger partial charge in [0.15, 0.2) is 0 Å². The lowest BCUT2D eigenvalue weighted by molar-refractivity contribution is 0.565. The predicted molar refractivity (Wildman–Crippen MR) is 51.7 cm³/mol. The highest BCUT2D eigenvalue weighted by Crippen LogP contribution is 2.30. The van der Waals surface area contributed by atoms with Crippen LogP contribution in [0.1, 0.15) is 0 Å². The molecule has 0 atom stereocenters. The van der Waals surface area contributed by atoms with Crippen molar-refractivity contribution in [1.82, 2.24) is 0 Å². The molecule has 0 saturated carbocycles. The lowest BCUT2D eigenvalue weighted by atomic mass is 10.2. The number of isocyanates is 1. The van der Waals surface area contributed by atoms with Gasteiger partial charge < -0.3 is 4.42 Å². The van der Waals surface area contributed by atoms with Crippen molar-refractivity contribution in [1.29, 1.82) is 0 Å². The van der Waals surface area contributed by atoms with E-state index >= 15 is 0 Å². The molecule has 0 unspecified atom stereocenters. The molecule has 0 bridgehead atoms. The maximum absolute atomic E-state index is 10.1. The third-order valence-electron chi connectivity index (χ3n) is 1.68. The van der Waals surface area contributed by atoms with Gasteiger partial charge in [-0.2, -0.15) is 4.99 Å². The zero-order valence-corrected chi connectivity index (χ0v) is 8.04. The highest BCUT2D eigenvalue weighted by molar-refractivity contribution is 9.10. The Labute approximate surface area is 82.2 Å². The number of benzene rings is 1. The fourth-order valence-corrected chi connectivity index (χ4v) is 1.48. The Bertz CT molecular complexity index is 497. The summed E-state index contributed by atoms with van der Waals surface area (Å²) in [4.78, 5) is 13.6. The molecule has 1 heterocycles. The summed E-state index contributed by atoms with van der Waals surface area (Å²) in [5.74, 6) is 0. The van der Waals surface area contributed by atoms with Crippen molar-refractivity contribution < 1.29 is 9.21 Å². The first-order valence-electron chi connectivity index (χ1n) is 3.56. The first-order chi connectivity index (χ1) is 6.31. The number of carbonyl (C=O) groups excluding carboxylic acids is 1. The molecular weight excluding hydrogens is 234 g/mol. The summed E-state index contributed by atoms with van der Waals surface area (Å²) < 4.78 is 6.08. The van der Waals surface area contributed by atoms with E-state index in [9.17, 15) is 4.79 Å². The Morgan fingerprint density at radius 1 is 1.46 bits per heavy atom. The molecule has 0 N–H and O–H groups in total. The Morgan fingerprint density at radius 3 is 3.08 bits per heavy atom. The van der Waals surface area contributed by atoms with Crippen LogP contribution in [-0.2, 0) is 4.79 Å². The average molecular weight is 238 g/mol. The van der Waals surface area contributed by atoms with Gasteiger partial charge in [0.1, 0.15) is 17.5 Å². The van der Waals surface area contributed by atoms with Gasteiger partial charge in [-0.05, 0) is 18.2 Å². The summed E-state index contributed by atoms with van der Waals surface area (Å²) in [6, 6.07) is 5.51. The molecule has 3 nitrogen and oxygen atoms in total. The summed E-state index contributed by atoms with van der Waals surface area (Å²) in [6.07, 6.45) is 2.91. The van der Waals surface area contributed by atoms with Crippen LogP contribution in [0.25, 0.3) is 11.0 Å². The second-order valence-electron chi connectivity index (χ2n) is 2.46. The third kappa shape index (κ3) is 1.41. The summed E-state index contributed by atoms with van der Waals surface area (Å²) in [5, 5.41) is 0.803. The standard InChI is InChI=1S/C9H4BrNO2/c10-6-1-2-9-7(3-6)8(4-13-9)11-5-12/h1-4H. The molecule has 0 aliphatic carbocycles. The second-order valence-corrected chi connectivity index (χ2v) is 3.38. The van der Waals surface area contributed by atoms with Crippen LogP contribution in [-0.4, -0.2) is 6.08 Å². The maximum atomic E-state index is 10.1. The van der Waals surface area contributed by atoms with Crippen molar-refractivity contribution in [3.63, 3.8) is 0 Å². The van der Waals surface area contributed by atoms with E-state index in [0.717, 1.165) is 9.86 Å². The van der Waals surface area contributed by atoms with Crippen LogP contribution in [0.2, 0.25) is 0 Å². The molecule has 64 valence electrons. The van der Waals surface area contributed by atoms with Crippen molar-refractivity contribution in [3.05, 3.63) is 28.9 Å². The van der Waals surface area contributed by atoms with E-state index in [0.29, 0.717) is 11.3 Å². The molecule has 0 radical (unpaired) electrons. The molecule has 0 aliphatic heterocycles. The molecule has 0 amide bonds. The highest BCUT2D eigenvalue weighted by Gasteiger charge is 2.04. The van der Waals surface area contributed by atoms with Crippen molar-refractivity contribution in [3.8, 4) is 0 Å². The molecule has 0 fully saturated rings. The minimum absolute atomic E-state index is 0.506. The van der Waals surface area contributed by atoms with Gasteiger partial charge in [-0.1, -0.05) is 15.9 Å². The van der Waals surface area contributed by atoms with Crippen LogP contribution >= 0.6 is 15.9 Å². The van der Waals surface area contributed by atoms with Gasteiger partial charge in [-0.15, -0.1) is 0 Å². The van der Waals surface area contributed by atoms with Crippen molar-refractivity contribution in [2.75, 3.05) is 0 Å². The van der Waals surface area contributed by atoms with E-state index in [2.05, 4.69) is 20.9 Å². The largest absolute Gasteiger partial charge is 0.462 e. The lowest BCUT2D eigenvalue weighted by Crippen LogP contribution is -1.65. The summed E-state index contributed by atoms with van der Waals surface area (Å²) >= 11 is 3.32. The SMILES string of the molecule is O=C=Nc1coc2ccc(Br)cc12. The molecular formula is C9H4BrNO2. The van der Waals surface area contributed by atoms with Crippen LogP contribution in [0.4, 0.5) is 5.69 Å². The number of hydrogen-bond donors (Lipinski definition) is 0. The lowest BCUT2D eigenvalue weighted by Gasteiger charge is -1.89.